The highest BCUT2D eigenvalue weighted by atomic mass is 32.2. The lowest BCUT2D eigenvalue weighted by atomic mass is 10.0. The second kappa shape index (κ2) is 26.0. The van der Waals surface area contributed by atoms with Crippen LogP contribution in [0.4, 0.5) is 30.9 Å². The quantitative estimate of drug-likeness (QED) is 0.0544. The van der Waals surface area contributed by atoms with Gasteiger partial charge in [-0.25, -0.2) is 27.8 Å². The SMILES string of the molecule is COc1cc(F)ccc1-c1cc(Nc2cc(C[S@](C)(=O)=NC(=O)OCc3ccc(NC(=O)[C@H](C)NC(=O)[C@@H](NC(=O)CCOCCOCCOCCN)C(C)C)cc3)ccn2)ncc1F. The monoisotopic (exact) mass is 926 g/mol. The minimum Gasteiger partial charge on any atom is -0.496 e. The topological polar surface area (TPSA) is 244 Å². The van der Waals surface area contributed by atoms with E-state index in [2.05, 4.69) is 35.6 Å². The highest BCUT2D eigenvalue weighted by molar-refractivity contribution is 7.92. The summed E-state index contributed by atoms with van der Waals surface area (Å²) in [6.45, 7) is 7.37. The Bertz CT molecular complexity index is 2350. The Labute approximate surface area is 376 Å². The number of hydrogen-bond acceptors (Lipinski definition) is 14. The summed E-state index contributed by atoms with van der Waals surface area (Å²) in [5.41, 5.74) is 7.25. The van der Waals surface area contributed by atoms with Gasteiger partial charge in [-0.1, -0.05) is 26.0 Å². The average molecular weight is 927 g/mol. The number of aromatic nitrogens is 2. The molecule has 0 aliphatic carbocycles. The maximum atomic E-state index is 14.8. The molecular formula is C44H56F2N8O10S. The third kappa shape index (κ3) is 17.8. The molecule has 18 nitrogen and oxygen atoms in total. The first-order valence-electron chi connectivity index (χ1n) is 20.6. The standard InChI is InChI=1S/C44H56F2N8O10S/c1-28(2)41(53-40(55)13-16-61-18-20-63-21-19-62-17-14-47)43(57)50-29(3)42(56)51-33-9-6-30(7-10-33)26-64-44(58)54-65(5,59)27-31-12-15-48-38(22-31)52-39-24-35(36(46)25-49-39)34-11-8-32(45)23-37(34)60-4/h6-12,15,22-25,28-29,41H,13-14,16-21,26-27,47H2,1-5H3,(H,50,57)(H,51,56)(H,53,55)(H,48,49,52)/t29-,41-,65-/m0/s1. The minimum atomic E-state index is -3.13. The summed E-state index contributed by atoms with van der Waals surface area (Å²) in [5.74, 6) is -2.37. The van der Waals surface area contributed by atoms with Crippen molar-refractivity contribution >= 4 is 50.9 Å². The van der Waals surface area contributed by atoms with Crippen molar-refractivity contribution in [2.75, 3.05) is 70.2 Å². The Kier molecular flexibility index (Phi) is 20.6. The van der Waals surface area contributed by atoms with E-state index in [1.54, 1.807) is 50.2 Å². The number of anilines is 3. The highest BCUT2D eigenvalue weighted by Crippen LogP contribution is 2.34. The first kappa shape index (κ1) is 51.5. The van der Waals surface area contributed by atoms with Gasteiger partial charge in [0.05, 0.1) is 68.4 Å². The number of methoxy groups -OCH3 is 1. The molecule has 0 spiro atoms. The van der Waals surface area contributed by atoms with Crippen LogP contribution in [0.25, 0.3) is 11.1 Å². The fraction of sp³-hybridized carbons (Fsp3) is 0.409. The van der Waals surface area contributed by atoms with Gasteiger partial charge in [0.25, 0.3) is 0 Å². The van der Waals surface area contributed by atoms with Crippen LogP contribution in [0.3, 0.4) is 0 Å². The van der Waals surface area contributed by atoms with Crippen molar-refractivity contribution in [2.45, 2.75) is 51.6 Å². The van der Waals surface area contributed by atoms with Crippen molar-refractivity contribution in [1.82, 2.24) is 20.6 Å². The largest absolute Gasteiger partial charge is 0.496 e. The predicted molar refractivity (Wildman–Crippen MR) is 240 cm³/mol. The molecule has 0 radical (unpaired) electrons. The van der Waals surface area contributed by atoms with Crippen LogP contribution in [0.1, 0.15) is 38.3 Å². The summed E-state index contributed by atoms with van der Waals surface area (Å²) in [7, 11) is -1.78. The van der Waals surface area contributed by atoms with Crippen molar-refractivity contribution in [3.05, 3.63) is 95.8 Å². The molecule has 65 heavy (non-hydrogen) atoms. The fourth-order valence-electron chi connectivity index (χ4n) is 5.91. The van der Waals surface area contributed by atoms with Crippen molar-refractivity contribution < 1.29 is 55.9 Å². The van der Waals surface area contributed by atoms with Gasteiger partial charge in [-0.3, -0.25) is 14.4 Å². The Morgan fingerprint density at radius 3 is 2.15 bits per heavy atom. The van der Waals surface area contributed by atoms with E-state index >= 15 is 0 Å². The van der Waals surface area contributed by atoms with Crippen LogP contribution < -0.4 is 31.7 Å². The fourth-order valence-corrected chi connectivity index (χ4v) is 7.14. The van der Waals surface area contributed by atoms with Crippen LogP contribution in [0.2, 0.25) is 0 Å². The van der Waals surface area contributed by atoms with Crippen molar-refractivity contribution in [1.29, 1.82) is 0 Å². The maximum absolute atomic E-state index is 14.8. The summed E-state index contributed by atoms with van der Waals surface area (Å²) in [5, 5.41) is 11.0. The molecule has 0 unspecified atom stereocenters. The first-order chi connectivity index (χ1) is 31.1. The minimum absolute atomic E-state index is 0.0307. The van der Waals surface area contributed by atoms with Gasteiger partial charge >= 0.3 is 6.09 Å². The van der Waals surface area contributed by atoms with Gasteiger partial charge in [-0.05, 0) is 66.4 Å². The lowest BCUT2D eigenvalue weighted by Crippen LogP contribution is -2.53. The van der Waals surface area contributed by atoms with E-state index in [1.807, 2.05) is 0 Å². The third-order valence-corrected chi connectivity index (χ3v) is 10.6. The van der Waals surface area contributed by atoms with Gasteiger partial charge < -0.3 is 50.7 Å². The molecule has 4 aromatic rings. The van der Waals surface area contributed by atoms with Crippen LogP contribution in [0.5, 0.6) is 5.75 Å². The zero-order valence-corrected chi connectivity index (χ0v) is 37.7. The first-order valence-corrected chi connectivity index (χ1v) is 22.7. The Balaban J connectivity index is 1.21. The Morgan fingerprint density at radius 2 is 1.48 bits per heavy atom. The zero-order valence-electron chi connectivity index (χ0n) is 36.9. The number of ether oxygens (including phenoxy) is 5. The predicted octanol–water partition coefficient (Wildman–Crippen LogP) is 5.09. The summed E-state index contributed by atoms with van der Waals surface area (Å²) in [6, 6.07) is 12.8. The normalized spacial score (nSPS) is 12.9. The van der Waals surface area contributed by atoms with Gasteiger partial charge in [0.2, 0.25) is 17.7 Å². The van der Waals surface area contributed by atoms with E-state index in [1.165, 1.54) is 44.7 Å². The van der Waals surface area contributed by atoms with Crippen LogP contribution >= 0.6 is 0 Å². The molecule has 0 saturated carbocycles. The molecule has 0 saturated heterocycles. The number of nitrogens with two attached hydrogens (primary N) is 1. The second-order valence-electron chi connectivity index (χ2n) is 14.9. The molecule has 2 aromatic heterocycles. The number of amides is 4. The molecule has 2 heterocycles. The van der Waals surface area contributed by atoms with E-state index in [0.29, 0.717) is 62.0 Å². The van der Waals surface area contributed by atoms with Gasteiger partial charge in [-0.15, -0.1) is 4.36 Å². The zero-order chi connectivity index (χ0) is 47.4. The van der Waals surface area contributed by atoms with E-state index in [-0.39, 0.29) is 60.2 Å². The lowest BCUT2D eigenvalue weighted by Gasteiger charge is -2.24. The van der Waals surface area contributed by atoms with Crippen LogP contribution in [-0.4, -0.2) is 110 Å². The van der Waals surface area contributed by atoms with Crippen LogP contribution in [0, 0.1) is 17.6 Å². The van der Waals surface area contributed by atoms with Crippen molar-refractivity contribution in [3.63, 3.8) is 0 Å². The summed E-state index contributed by atoms with van der Waals surface area (Å²) < 4.78 is 72.2. The number of nitrogens with one attached hydrogen (secondary N) is 4. The third-order valence-electron chi connectivity index (χ3n) is 9.17. The molecule has 0 aliphatic rings. The van der Waals surface area contributed by atoms with E-state index in [9.17, 15) is 32.2 Å². The van der Waals surface area contributed by atoms with Crippen molar-refractivity contribution in [3.8, 4) is 16.9 Å². The molecule has 6 N–H and O–H groups in total. The molecule has 4 amide bonds. The Hall–Kier alpha value is -6.13. The number of hydrogen-bond donors (Lipinski definition) is 5. The van der Waals surface area contributed by atoms with Gasteiger partial charge in [0.15, 0.2) is 0 Å². The van der Waals surface area contributed by atoms with E-state index < -0.39 is 51.4 Å². The van der Waals surface area contributed by atoms with E-state index in [0.717, 1.165) is 12.3 Å². The second-order valence-corrected chi connectivity index (χ2v) is 17.3. The molecule has 352 valence electrons. The number of nitrogens with zero attached hydrogens (tertiary/aromatic N) is 3. The van der Waals surface area contributed by atoms with Gasteiger partial charge in [0.1, 0.15) is 47.7 Å². The van der Waals surface area contributed by atoms with Crippen LogP contribution in [-0.2, 0) is 55.4 Å². The molecule has 0 bridgehead atoms. The van der Waals surface area contributed by atoms with Gasteiger partial charge in [-0.2, -0.15) is 0 Å². The summed E-state index contributed by atoms with van der Waals surface area (Å²) in [4.78, 5) is 59.5. The van der Waals surface area contributed by atoms with E-state index in [4.69, 9.17) is 29.4 Å². The van der Waals surface area contributed by atoms with Gasteiger partial charge in [0, 0.05) is 48.3 Å². The number of carbonyl (C=O) groups is 4. The molecule has 0 fully saturated rings. The summed E-state index contributed by atoms with van der Waals surface area (Å²) >= 11 is 0. The number of carbonyl (C=O) groups excluding carboxylic acids is 4. The molecular weight excluding hydrogens is 871 g/mol. The number of halogens is 2. The number of pyridine rings is 2. The molecule has 2 aromatic carbocycles. The molecule has 0 aliphatic heterocycles. The number of rotatable bonds is 25. The Morgan fingerprint density at radius 1 is 0.800 bits per heavy atom. The molecule has 4 rings (SSSR count). The maximum Gasteiger partial charge on any atom is 0.442 e. The van der Waals surface area contributed by atoms with Crippen LogP contribution in [0.15, 0.2) is 77.4 Å². The number of benzene rings is 2. The highest BCUT2D eigenvalue weighted by Gasteiger charge is 2.27. The molecule has 21 heteroatoms. The summed E-state index contributed by atoms with van der Waals surface area (Å²) in [6.07, 6.45) is 2.76. The smallest absolute Gasteiger partial charge is 0.442 e. The van der Waals surface area contributed by atoms with Crippen molar-refractivity contribution in [2.24, 2.45) is 16.0 Å². The average Bonchev–Trinajstić information content (AvgIpc) is 3.26. The molecule has 3 atom stereocenters. The lowest BCUT2D eigenvalue weighted by molar-refractivity contribution is -0.132.